The summed E-state index contributed by atoms with van der Waals surface area (Å²) in [7, 11) is -3.32. The van der Waals surface area contributed by atoms with Crippen molar-refractivity contribution in [2.45, 2.75) is 51.5 Å². The summed E-state index contributed by atoms with van der Waals surface area (Å²) in [5, 5.41) is 0. The Kier molecular flexibility index (Phi) is 6.40. The summed E-state index contributed by atoms with van der Waals surface area (Å²) in [6.07, 6.45) is 6.00. The third kappa shape index (κ3) is 5.33. The largest absolute Gasteiger partial charge is 0.327 e. The fourth-order valence-electron chi connectivity index (χ4n) is 2.06. The van der Waals surface area contributed by atoms with Crippen LogP contribution in [-0.2, 0) is 10.2 Å². The van der Waals surface area contributed by atoms with Gasteiger partial charge in [-0.15, -0.1) is 0 Å². The van der Waals surface area contributed by atoms with E-state index in [1.165, 1.54) is 0 Å². The van der Waals surface area contributed by atoms with Crippen LogP contribution in [0.4, 0.5) is 0 Å². The summed E-state index contributed by atoms with van der Waals surface area (Å²) in [4.78, 5) is 0. The molecule has 1 aliphatic heterocycles. The van der Waals surface area contributed by atoms with Crippen LogP contribution in [-0.4, -0.2) is 38.4 Å². The molecule has 0 amide bonds. The highest BCUT2D eigenvalue weighted by Gasteiger charge is 2.22. The van der Waals surface area contributed by atoms with Crippen LogP contribution in [0, 0.1) is 0 Å². The number of hydrogen-bond donors (Lipinski definition) is 2. The fraction of sp³-hybridized carbons (Fsp3) is 1.00. The summed E-state index contributed by atoms with van der Waals surface area (Å²) in [6.45, 7) is 3.66. The van der Waals surface area contributed by atoms with Crippen LogP contribution < -0.4 is 10.5 Å². The van der Waals surface area contributed by atoms with E-state index in [0.717, 1.165) is 38.5 Å². The van der Waals surface area contributed by atoms with Gasteiger partial charge in [-0.1, -0.05) is 26.2 Å². The molecule has 6 heteroatoms. The van der Waals surface area contributed by atoms with Crippen LogP contribution >= 0.6 is 0 Å². The maximum absolute atomic E-state index is 12.0. The number of nitrogens with zero attached hydrogens (tertiary/aromatic N) is 1. The van der Waals surface area contributed by atoms with Gasteiger partial charge in [-0.05, 0) is 19.3 Å². The molecule has 0 radical (unpaired) electrons. The second kappa shape index (κ2) is 7.31. The molecule has 0 aromatic carbocycles. The zero-order chi connectivity index (χ0) is 12.7. The van der Waals surface area contributed by atoms with Gasteiger partial charge in [-0.3, -0.25) is 0 Å². The van der Waals surface area contributed by atoms with Crippen molar-refractivity contribution in [3.05, 3.63) is 0 Å². The highest BCUT2D eigenvalue weighted by atomic mass is 32.2. The summed E-state index contributed by atoms with van der Waals surface area (Å²) in [5.74, 6) is 0. The Balaban J connectivity index is 2.43. The molecule has 1 heterocycles. The van der Waals surface area contributed by atoms with E-state index in [4.69, 9.17) is 5.73 Å². The monoisotopic (exact) mass is 263 g/mol. The van der Waals surface area contributed by atoms with Crippen LogP contribution in [0.2, 0.25) is 0 Å². The van der Waals surface area contributed by atoms with Crippen molar-refractivity contribution >= 4 is 10.2 Å². The third-order valence-electron chi connectivity index (χ3n) is 3.09. The van der Waals surface area contributed by atoms with E-state index < -0.39 is 10.2 Å². The Morgan fingerprint density at radius 2 is 1.82 bits per heavy atom. The molecule has 0 spiro atoms. The van der Waals surface area contributed by atoms with Gasteiger partial charge in [0.15, 0.2) is 0 Å². The lowest BCUT2D eigenvalue weighted by molar-refractivity contribution is 0.412. The minimum absolute atomic E-state index is 0.0817. The Hall–Kier alpha value is -0.170. The Morgan fingerprint density at radius 3 is 2.35 bits per heavy atom. The van der Waals surface area contributed by atoms with Gasteiger partial charge >= 0.3 is 0 Å². The van der Waals surface area contributed by atoms with Crippen LogP contribution in [0.25, 0.3) is 0 Å². The van der Waals surface area contributed by atoms with Gasteiger partial charge in [0.25, 0.3) is 10.2 Å². The van der Waals surface area contributed by atoms with E-state index in [2.05, 4.69) is 4.72 Å². The van der Waals surface area contributed by atoms with Gasteiger partial charge in [0.2, 0.25) is 0 Å². The summed E-state index contributed by atoms with van der Waals surface area (Å²) in [6, 6.07) is -0.0817. The van der Waals surface area contributed by atoms with E-state index >= 15 is 0 Å². The maximum Gasteiger partial charge on any atom is 0.279 e. The van der Waals surface area contributed by atoms with Crippen molar-refractivity contribution in [3.8, 4) is 0 Å². The van der Waals surface area contributed by atoms with Gasteiger partial charge in [0.1, 0.15) is 0 Å². The lowest BCUT2D eigenvalue weighted by atomic mass is 10.2. The molecule has 0 aromatic rings. The highest BCUT2D eigenvalue weighted by Crippen LogP contribution is 2.12. The number of nitrogens with one attached hydrogen (secondary N) is 1. The zero-order valence-corrected chi connectivity index (χ0v) is 11.5. The fourth-order valence-corrected chi connectivity index (χ4v) is 3.40. The molecular formula is C11H25N3O2S. The normalized spacial score (nSPS) is 21.1. The summed E-state index contributed by atoms with van der Waals surface area (Å²) >= 11 is 0. The second-order valence-corrected chi connectivity index (χ2v) is 6.47. The molecule has 0 aliphatic carbocycles. The molecule has 0 saturated carbocycles. The first-order valence-corrected chi connectivity index (χ1v) is 8.00. The predicted octanol–water partition coefficient (Wildman–Crippen LogP) is 0.824. The van der Waals surface area contributed by atoms with Crippen LogP contribution in [0.15, 0.2) is 0 Å². The number of nitrogens with two attached hydrogens (primary N) is 1. The first-order chi connectivity index (χ1) is 8.06. The minimum Gasteiger partial charge on any atom is -0.327 e. The van der Waals surface area contributed by atoms with Gasteiger partial charge < -0.3 is 5.73 Å². The molecule has 1 aliphatic rings. The van der Waals surface area contributed by atoms with E-state index in [1.807, 2.05) is 6.92 Å². The molecule has 1 atom stereocenters. The SMILES string of the molecule is CCCC(N)CNS(=O)(=O)N1CCCCCC1. The molecule has 1 unspecified atom stereocenters. The third-order valence-corrected chi connectivity index (χ3v) is 4.67. The lowest BCUT2D eigenvalue weighted by Gasteiger charge is -2.21. The Bertz CT molecular complexity index is 298. The number of hydrogen-bond acceptors (Lipinski definition) is 3. The molecule has 1 fully saturated rings. The average Bonchev–Trinajstić information content (AvgIpc) is 2.56. The van der Waals surface area contributed by atoms with Crippen LogP contribution in [0.5, 0.6) is 0 Å². The van der Waals surface area contributed by atoms with Crippen LogP contribution in [0.1, 0.15) is 45.4 Å². The van der Waals surface area contributed by atoms with Crippen molar-refractivity contribution in [2.24, 2.45) is 5.73 Å². The average molecular weight is 263 g/mol. The quantitative estimate of drug-likeness (QED) is 0.745. The molecular weight excluding hydrogens is 238 g/mol. The smallest absolute Gasteiger partial charge is 0.279 e. The van der Waals surface area contributed by atoms with E-state index in [0.29, 0.717) is 19.6 Å². The van der Waals surface area contributed by atoms with Crippen molar-refractivity contribution in [2.75, 3.05) is 19.6 Å². The van der Waals surface area contributed by atoms with Crippen LogP contribution in [0.3, 0.4) is 0 Å². The van der Waals surface area contributed by atoms with E-state index in [1.54, 1.807) is 4.31 Å². The predicted molar refractivity (Wildman–Crippen MR) is 69.8 cm³/mol. The summed E-state index contributed by atoms with van der Waals surface area (Å²) in [5.41, 5.74) is 5.81. The van der Waals surface area contributed by atoms with Crippen molar-refractivity contribution < 1.29 is 8.42 Å². The number of rotatable bonds is 6. The van der Waals surface area contributed by atoms with E-state index in [9.17, 15) is 8.42 Å². The minimum atomic E-state index is -3.32. The first kappa shape index (κ1) is 14.9. The zero-order valence-electron chi connectivity index (χ0n) is 10.7. The van der Waals surface area contributed by atoms with Crippen molar-refractivity contribution in [1.29, 1.82) is 0 Å². The molecule has 17 heavy (non-hydrogen) atoms. The van der Waals surface area contributed by atoms with Crippen molar-refractivity contribution in [1.82, 2.24) is 9.03 Å². The molecule has 1 rings (SSSR count). The lowest BCUT2D eigenvalue weighted by Crippen LogP contribution is -2.45. The summed E-state index contributed by atoms with van der Waals surface area (Å²) < 4.78 is 28.2. The van der Waals surface area contributed by atoms with Gasteiger partial charge in [0, 0.05) is 25.7 Å². The standard InChI is InChI=1S/C11H25N3O2S/c1-2-7-11(12)10-13-17(15,16)14-8-5-3-4-6-9-14/h11,13H,2-10,12H2,1H3. The second-order valence-electron chi connectivity index (χ2n) is 4.72. The molecule has 0 aromatic heterocycles. The molecule has 1 saturated heterocycles. The molecule has 3 N–H and O–H groups in total. The van der Waals surface area contributed by atoms with E-state index in [-0.39, 0.29) is 6.04 Å². The highest BCUT2D eigenvalue weighted by molar-refractivity contribution is 7.87. The molecule has 0 bridgehead atoms. The van der Waals surface area contributed by atoms with Gasteiger partial charge in [-0.25, -0.2) is 4.72 Å². The van der Waals surface area contributed by atoms with Gasteiger partial charge in [-0.2, -0.15) is 12.7 Å². The Morgan fingerprint density at radius 1 is 1.24 bits per heavy atom. The molecule has 5 nitrogen and oxygen atoms in total. The molecule has 102 valence electrons. The maximum atomic E-state index is 12.0. The first-order valence-electron chi connectivity index (χ1n) is 6.56. The van der Waals surface area contributed by atoms with Crippen molar-refractivity contribution in [3.63, 3.8) is 0 Å². The topological polar surface area (TPSA) is 75.4 Å². The Labute approximate surface area is 105 Å². The van der Waals surface area contributed by atoms with Gasteiger partial charge in [0.05, 0.1) is 0 Å².